The van der Waals surface area contributed by atoms with Crippen LogP contribution >= 0.6 is 0 Å². The Balaban J connectivity index is 2.53. The smallest absolute Gasteiger partial charge is 0.328 e. The number of amides is 2. The third-order valence-electron chi connectivity index (χ3n) is 2.51. The number of nitrogens with zero attached hydrogens (tertiary/aromatic N) is 1. The Kier molecular flexibility index (Phi) is 3.83. The number of nitrogens with one attached hydrogen (secondary N) is 1. The van der Waals surface area contributed by atoms with Gasteiger partial charge in [-0.15, -0.1) is 0 Å². The molecule has 1 heterocycles. The van der Waals surface area contributed by atoms with Crippen LogP contribution in [0, 0.1) is 5.92 Å². The molecular weight excluding hydrogens is 216 g/mol. The summed E-state index contributed by atoms with van der Waals surface area (Å²) in [6.07, 6.45) is 0.0834. The van der Waals surface area contributed by atoms with Crippen LogP contribution < -0.4 is 5.32 Å². The molecule has 0 bridgehead atoms. The fraction of sp³-hybridized carbons (Fsp3) is 0.667. The van der Waals surface area contributed by atoms with Gasteiger partial charge in [0.1, 0.15) is 6.04 Å². The number of carboxylic acid groups (broad SMARTS) is 1. The summed E-state index contributed by atoms with van der Waals surface area (Å²) in [5, 5.41) is 19.5. The van der Waals surface area contributed by atoms with Gasteiger partial charge in [-0.2, -0.15) is 0 Å². The molecule has 0 radical (unpaired) electrons. The maximum absolute atomic E-state index is 11.5. The second kappa shape index (κ2) is 4.93. The van der Waals surface area contributed by atoms with Crippen molar-refractivity contribution in [1.29, 1.82) is 0 Å². The van der Waals surface area contributed by atoms with Crippen molar-refractivity contribution in [3.63, 3.8) is 0 Å². The number of aliphatic carboxylic acids is 1. The quantitative estimate of drug-likeness (QED) is 0.519. The monoisotopic (exact) mass is 230 g/mol. The van der Waals surface area contributed by atoms with Crippen molar-refractivity contribution in [3.05, 3.63) is 0 Å². The van der Waals surface area contributed by atoms with Gasteiger partial charge in [-0.3, -0.25) is 9.59 Å². The van der Waals surface area contributed by atoms with Crippen molar-refractivity contribution < 1.29 is 24.6 Å². The van der Waals surface area contributed by atoms with E-state index in [0.717, 1.165) is 0 Å². The Hall–Kier alpha value is -1.63. The van der Waals surface area contributed by atoms with Gasteiger partial charge in [-0.05, 0) is 0 Å². The molecule has 1 unspecified atom stereocenters. The summed E-state index contributed by atoms with van der Waals surface area (Å²) >= 11 is 0. The summed E-state index contributed by atoms with van der Waals surface area (Å²) in [4.78, 5) is 34.7. The fourth-order valence-corrected chi connectivity index (χ4v) is 1.51. The molecule has 0 spiro atoms. The third-order valence-corrected chi connectivity index (χ3v) is 2.51. The zero-order chi connectivity index (χ0) is 12.3. The summed E-state index contributed by atoms with van der Waals surface area (Å²) < 4.78 is 0. The van der Waals surface area contributed by atoms with E-state index in [9.17, 15) is 14.4 Å². The van der Waals surface area contributed by atoms with E-state index >= 15 is 0 Å². The van der Waals surface area contributed by atoms with E-state index in [4.69, 9.17) is 10.2 Å². The fourth-order valence-electron chi connectivity index (χ4n) is 1.51. The minimum atomic E-state index is -1.31. The van der Waals surface area contributed by atoms with Gasteiger partial charge in [0.25, 0.3) is 0 Å². The van der Waals surface area contributed by atoms with Crippen molar-refractivity contribution in [2.45, 2.75) is 12.5 Å². The van der Waals surface area contributed by atoms with Crippen LogP contribution in [0.5, 0.6) is 0 Å². The van der Waals surface area contributed by atoms with Gasteiger partial charge in [0, 0.05) is 20.0 Å². The van der Waals surface area contributed by atoms with Gasteiger partial charge >= 0.3 is 5.97 Å². The number of aliphatic hydroxyl groups excluding tert-OH is 1. The van der Waals surface area contributed by atoms with Gasteiger partial charge in [-0.1, -0.05) is 0 Å². The van der Waals surface area contributed by atoms with E-state index < -0.39 is 30.4 Å². The SMILES string of the molecule is CN1CC(C(=O)N[C@@H](CO)C(=O)O)CC1=O. The minimum Gasteiger partial charge on any atom is -0.480 e. The van der Waals surface area contributed by atoms with Crippen molar-refractivity contribution in [1.82, 2.24) is 10.2 Å². The van der Waals surface area contributed by atoms with Crippen LogP contribution in [-0.2, 0) is 14.4 Å². The summed E-state index contributed by atoms with van der Waals surface area (Å²) in [7, 11) is 1.58. The highest BCUT2D eigenvalue weighted by Gasteiger charge is 2.33. The zero-order valence-corrected chi connectivity index (χ0v) is 8.84. The molecule has 0 aromatic rings. The Morgan fingerprint density at radius 3 is 2.62 bits per heavy atom. The molecule has 1 aliphatic heterocycles. The van der Waals surface area contributed by atoms with Gasteiger partial charge in [0.05, 0.1) is 12.5 Å². The topological polar surface area (TPSA) is 107 Å². The van der Waals surface area contributed by atoms with Crippen LogP contribution in [0.25, 0.3) is 0 Å². The van der Waals surface area contributed by atoms with E-state index in [0.29, 0.717) is 0 Å². The van der Waals surface area contributed by atoms with Crippen LogP contribution in [-0.4, -0.2) is 59.1 Å². The Labute approximate surface area is 92.0 Å². The van der Waals surface area contributed by atoms with Crippen molar-refractivity contribution in [2.75, 3.05) is 20.2 Å². The number of likely N-dealkylation sites (tertiary alicyclic amines) is 1. The molecule has 0 aliphatic carbocycles. The molecule has 0 aromatic heterocycles. The number of aliphatic hydroxyl groups is 1. The van der Waals surface area contributed by atoms with Crippen molar-refractivity contribution in [3.8, 4) is 0 Å². The lowest BCUT2D eigenvalue weighted by atomic mass is 10.1. The third kappa shape index (κ3) is 2.69. The first-order valence-corrected chi connectivity index (χ1v) is 4.83. The van der Waals surface area contributed by atoms with Crippen LogP contribution in [0.4, 0.5) is 0 Å². The molecule has 1 aliphatic rings. The van der Waals surface area contributed by atoms with Crippen LogP contribution in [0.1, 0.15) is 6.42 Å². The molecule has 2 atom stereocenters. The Bertz CT molecular complexity index is 317. The molecule has 7 heteroatoms. The highest BCUT2D eigenvalue weighted by molar-refractivity contribution is 5.91. The summed E-state index contributed by atoms with van der Waals surface area (Å²) in [5.41, 5.74) is 0. The predicted octanol–water partition coefficient (Wildman–Crippen LogP) is -1.97. The molecule has 2 amide bonds. The van der Waals surface area contributed by atoms with Gasteiger partial charge < -0.3 is 20.4 Å². The largest absolute Gasteiger partial charge is 0.480 e. The molecule has 1 saturated heterocycles. The summed E-state index contributed by atoms with van der Waals surface area (Å²) in [5.74, 6) is -2.49. The lowest BCUT2D eigenvalue weighted by Gasteiger charge is -2.15. The number of carbonyl (C=O) groups excluding carboxylic acids is 2. The number of carboxylic acids is 1. The summed E-state index contributed by atoms with van der Waals surface area (Å²) in [6.45, 7) is -0.389. The lowest BCUT2D eigenvalue weighted by Crippen LogP contribution is -2.46. The van der Waals surface area contributed by atoms with E-state index in [1.165, 1.54) is 4.90 Å². The van der Waals surface area contributed by atoms with E-state index in [1.807, 2.05) is 0 Å². The number of rotatable bonds is 4. The average Bonchev–Trinajstić information content (AvgIpc) is 2.55. The minimum absolute atomic E-state index is 0.0834. The first kappa shape index (κ1) is 12.4. The molecule has 0 saturated carbocycles. The normalized spacial score (nSPS) is 22.0. The highest BCUT2D eigenvalue weighted by atomic mass is 16.4. The average molecular weight is 230 g/mol. The molecule has 90 valence electrons. The molecule has 0 aromatic carbocycles. The number of carbonyl (C=O) groups is 3. The Morgan fingerprint density at radius 2 is 2.25 bits per heavy atom. The van der Waals surface area contributed by atoms with Crippen LogP contribution in [0.2, 0.25) is 0 Å². The van der Waals surface area contributed by atoms with Gasteiger partial charge in [0.15, 0.2) is 0 Å². The molecule has 16 heavy (non-hydrogen) atoms. The van der Waals surface area contributed by atoms with Crippen molar-refractivity contribution in [2.24, 2.45) is 5.92 Å². The highest BCUT2D eigenvalue weighted by Crippen LogP contribution is 2.15. The maximum Gasteiger partial charge on any atom is 0.328 e. The zero-order valence-electron chi connectivity index (χ0n) is 8.84. The van der Waals surface area contributed by atoms with E-state index in [-0.39, 0.29) is 18.9 Å². The molecular formula is C9H14N2O5. The van der Waals surface area contributed by atoms with E-state index in [1.54, 1.807) is 7.05 Å². The van der Waals surface area contributed by atoms with Crippen LogP contribution in [0.3, 0.4) is 0 Å². The molecule has 7 nitrogen and oxygen atoms in total. The first-order chi connectivity index (χ1) is 7.45. The predicted molar refractivity (Wildman–Crippen MR) is 52.4 cm³/mol. The van der Waals surface area contributed by atoms with Crippen molar-refractivity contribution >= 4 is 17.8 Å². The van der Waals surface area contributed by atoms with Crippen LogP contribution in [0.15, 0.2) is 0 Å². The Morgan fingerprint density at radius 1 is 1.62 bits per heavy atom. The maximum atomic E-state index is 11.5. The van der Waals surface area contributed by atoms with Gasteiger partial charge in [0.2, 0.25) is 11.8 Å². The number of hydrogen-bond acceptors (Lipinski definition) is 4. The molecule has 1 rings (SSSR count). The summed E-state index contributed by atoms with van der Waals surface area (Å²) in [6, 6.07) is -1.31. The molecule has 3 N–H and O–H groups in total. The van der Waals surface area contributed by atoms with E-state index in [2.05, 4.69) is 5.32 Å². The second-order valence-corrected chi connectivity index (χ2v) is 3.76. The molecule has 1 fully saturated rings. The van der Waals surface area contributed by atoms with Gasteiger partial charge in [-0.25, -0.2) is 4.79 Å². The lowest BCUT2D eigenvalue weighted by molar-refractivity contribution is -0.143. The standard InChI is InChI=1S/C9H14N2O5/c1-11-3-5(2-7(11)13)8(14)10-6(4-12)9(15)16/h5-6,12H,2-4H2,1H3,(H,10,14)(H,15,16)/t5?,6-/m0/s1. The first-order valence-electron chi connectivity index (χ1n) is 4.83. The number of hydrogen-bond donors (Lipinski definition) is 3. The second-order valence-electron chi connectivity index (χ2n) is 3.76.